The third-order valence-electron chi connectivity index (χ3n) is 4.16. The average Bonchev–Trinajstić information content (AvgIpc) is 2.61. The van der Waals surface area contributed by atoms with Crippen LogP contribution in [0.5, 0.6) is 5.75 Å². The highest BCUT2D eigenvalue weighted by molar-refractivity contribution is 5.82. The molecule has 24 heavy (non-hydrogen) atoms. The Labute approximate surface area is 142 Å². The van der Waals surface area contributed by atoms with Gasteiger partial charge < -0.3 is 20.7 Å². The number of nitrogens with one attached hydrogen (secondary N) is 1. The molecule has 3 rings (SSSR count). The van der Waals surface area contributed by atoms with Crippen LogP contribution in [0, 0.1) is 0 Å². The highest BCUT2D eigenvalue weighted by Gasteiger charge is 2.26. The van der Waals surface area contributed by atoms with E-state index in [1.54, 1.807) is 0 Å². The van der Waals surface area contributed by atoms with Crippen molar-refractivity contribution in [1.29, 1.82) is 0 Å². The van der Waals surface area contributed by atoms with Crippen molar-refractivity contribution in [3.05, 3.63) is 54.1 Å². The number of ether oxygens (including phenoxy) is 1. The van der Waals surface area contributed by atoms with Gasteiger partial charge in [0.05, 0.1) is 18.8 Å². The van der Waals surface area contributed by atoms with Crippen molar-refractivity contribution in [2.45, 2.75) is 26.0 Å². The van der Waals surface area contributed by atoms with Gasteiger partial charge in [-0.3, -0.25) is 4.79 Å². The maximum absolute atomic E-state index is 12.3. The van der Waals surface area contributed by atoms with Crippen LogP contribution in [0.15, 0.2) is 48.5 Å². The molecule has 0 radical (unpaired) electrons. The monoisotopic (exact) mass is 325 g/mol. The summed E-state index contributed by atoms with van der Waals surface area (Å²) in [5.74, 6) is 0.780. The van der Waals surface area contributed by atoms with Crippen molar-refractivity contribution < 1.29 is 9.53 Å². The number of anilines is 2. The Morgan fingerprint density at radius 1 is 1.29 bits per heavy atom. The van der Waals surface area contributed by atoms with Crippen LogP contribution in [0.4, 0.5) is 11.4 Å². The van der Waals surface area contributed by atoms with Crippen molar-refractivity contribution >= 4 is 17.3 Å². The van der Waals surface area contributed by atoms with Crippen molar-refractivity contribution in [3.8, 4) is 5.75 Å². The van der Waals surface area contributed by atoms with E-state index in [1.807, 2.05) is 53.4 Å². The number of hydrogen-bond donors (Lipinski definition) is 2. The fourth-order valence-electron chi connectivity index (χ4n) is 2.83. The third kappa shape index (κ3) is 3.79. The summed E-state index contributed by atoms with van der Waals surface area (Å²) in [7, 11) is 0. The molecule has 126 valence electrons. The second-order valence-corrected chi connectivity index (χ2v) is 6.02. The lowest BCUT2D eigenvalue weighted by Gasteiger charge is -2.35. The SMILES string of the molecule is CCC1CN(CC(=O)NCc2ccccc2)c2cc(N)ccc2O1. The van der Waals surface area contributed by atoms with Crippen molar-refractivity contribution in [2.24, 2.45) is 0 Å². The average molecular weight is 325 g/mol. The molecule has 3 N–H and O–H groups in total. The number of nitrogen functional groups attached to an aromatic ring is 1. The van der Waals surface area contributed by atoms with Gasteiger partial charge in [0.15, 0.2) is 0 Å². The van der Waals surface area contributed by atoms with Crippen LogP contribution >= 0.6 is 0 Å². The van der Waals surface area contributed by atoms with Gasteiger partial charge in [0.2, 0.25) is 5.91 Å². The lowest BCUT2D eigenvalue weighted by molar-refractivity contribution is -0.120. The number of hydrogen-bond acceptors (Lipinski definition) is 4. The highest BCUT2D eigenvalue weighted by atomic mass is 16.5. The van der Waals surface area contributed by atoms with Crippen LogP contribution < -0.4 is 20.7 Å². The zero-order valence-corrected chi connectivity index (χ0v) is 13.9. The van der Waals surface area contributed by atoms with E-state index in [0.29, 0.717) is 25.3 Å². The molecule has 0 spiro atoms. The van der Waals surface area contributed by atoms with E-state index in [9.17, 15) is 4.79 Å². The second kappa shape index (κ2) is 7.25. The molecule has 1 aliphatic heterocycles. The van der Waals surface area contributed by atoms with E-state index >= 15 is 0 Å². The maximum Gasteiger partial charge on any atom is 0.239 e. The molecule has 0 fully saturated rings. The molecule has 2 aromatic rings. The lowest BCUT2D eigenvalue weighted by atomic mass is 10.1. The molecule has 5 heteroatoms. The molecule has 1 unspecified atom stereocenters. The van der Waals surface area contributed by atoms with E-state index in [-0.39, 0.29) is 12.0 Å². The third-order valence-corrected chi connectivity index (χ3v) is 4.16. The Morgan fingerprint density at radius 2 is 2.08 bits per heavy atom. The maximum atomic E-state index is 12.3. The fraction of sp³-hybridized carbons (Fsp3) is 0.316. The normalized spacial score (nSPS) is 16.2. The van der Waals surface area contributed by atoms with Crippen molar-refractivity contribution in [3.63, 3.8) is 0 Å². The summed E-state index contributed by atoms with van der Waals surface area (Å²) in [5, 5.41) is 2.97. The molecule has 1 atom stereocenters. The summed E-state index contributed by atoms with van der Waals surface area (Å²) in [4.78, 5) is 14.4. The first-order valence-electron chi connectivity index (χ1n) is 8.27. The first-order chi connectivity index (χ1) is 11.7. The minimum absolute atomic E-state index is 0.0102. The predicted octanol–water partition coefficient (Wildman–Crippen LogP) is 2.56. The fourth-order valence-corrected chi connectivity index (χ4v) is 2.83. The summed E-state index contributed by atoms with van der Waals surface area (Å²) in [6.45, 7) is 3.60. The summed E-state index contributed by atoms with van der Waals surface area (Å²) >= 11 is 0. The molecule has 0 saturated carbocycles. The smallest absolute Gasteiger partial charge is 0.239 e. The van der Waals surface area contributed by atoms with Crippen LogP contribution in [0.1, 0.15) is 18.9 Å². The van der Waals surface area contributed by atoms with E-state index in [2.05, 4.69) is 12.2 Å². The van der Waals surface area contributed by atoms with Crippen molar-refractivity contribution in [1.82, 2.24) is 5.32 Å². The number of carbonyl (C=O) groups is 1. The predicted molar refractivity (Wildman–Crippen MR) is 96.1 cm³/mol. The summed E-state index contributed by atoms with van der Waals surface area (Å²) in [6.07, 6.45) is 0.981. The Kier molecular flexibility index (Phi) is 4.89. The molecule has 2 aromatic carbocycles. The lowest BCUT2D eigenvalue weighted by Crippen LogP contribution is -2.45. The molecule has 0 saturated heterocycles. The zero-order chi connectivity index (χ0) is 16.9. The highest BCUT2D eigenvalue weighted by Crippen LogP contribution is 2.35. The number of fused-ring (bicyclic) bond motifs is 1. The minimum Gasteiger partial charge on any atom is -0.486 e. The first-order valence-corrected chi connectivity index (χ1v) is 8.27. The van der Waals surface area contributed by atoms with E-state index < -0.39 is 0 Å². The topological polar surface area (TPSA) is 67.6 Å². The van der Waals surface area contributed by atoms with E-state index in [4.69, 9.17) is 10.5 Å². The quantitative estimate of drug-likeness (QED) is 0.829. The molecule has 1 amide bonds. The summed E-state index contributed by atoms with van der Waals surface area (Å²) < 4.78 is 5.95. The molecular weight excluding hydrogens is 302 g/mol. The largest absolute Gasteiger partial charge is 0.486 e. The number of carbonyl (C=O) groups excluding carboxylic acids is 1. The van der Waals surface area contributed by atoms with Crippen LogP contribution in [-0.2, 0) is 11.3 Å². The Hall–Kier alpha value is -2.69. The second-order valence-electron chi connectivity index (χ2n) is 6.02. The number of nitrogens with zero attached hydrogens (tertiary/aromatic N) is 1. The van der Waals surface area contributed by atoms with Gasteiger partial charge in [0, 0.05) is 12.2 Å². The molecular formula is C19H23N3O2. The van der Waals surface area contributed by atoms with Gasteiger partial charge in [-0.25, -0.2) is 0 Å². The number of benzene rings is 2. The summed E-state index contributed by atoms with van der Waals surface area (Å²) in [6, 6.07) is 15.5. The standard InChI is InChI=1S/C19H23N3O2/c1-2-16-12-22(17-10-15(20)8-9-18(17)24-16)13-19(23)21-11-14-6-4-3-5-7-14/h3-10,16H,2,11-13,20H2,1H3,(H,21,23). The first kappa shape index (κ1) is 16.2. The van der Waals surface area contributed by atoms with E-state index in [0.717, 1.165) is 23.4 Å². The van der Waals surface area contributed by atoms with Gasteiger partial charge in [0.1, 0.15) is 11.9 Å². The van der Waals surface area contributed by atoms with Gasteiger partial charge in [-0.05, 0) is 30.2 Å². The molecule has 0 aliphatic carbocycles. The van der Waals surface area contributed by atoms with Crippen LogP contribution in [0.3, 0.4) is 0 Å². The van der Waals surface area contributed by atoms with Crippen LogP contribution in [0.25, 0.3) is 0 Å². The Bertz CT molecular complexity index is 703. The van der Waals surface area contributed by atoms with Gasteiger partial charge in [0.25, 0.3) is 0 Å². The number of nitrogens with two attached hydrogens (primary N) is 1. The van der Waals surface area contributed by atoms with E-state index in [1.165, 1.54) is 0 Å². The van der Waals surface area contributed by atoms with Crippen LogP contribution in [-0.4, -0.2) is 25.1 Å². The van der Waals surface area contributed by atoms with Gasteiger partial charge in [-0.15, -0.1) is 0 Å². The minimum atomic E-state index is -0.0102. The molecule has 1 aliphatic rings. The Morgan fingerprint density at radius 3 is 2.83 bits per heavy atom. The van der Waals surface area contributed by atoms with Gasteiger partial charge in [-0.1, -0.05) is 37.3 Å². The van der Waals surface area contributed by atoms with Crippen molar-refractivity contribution in [2.75, 3.05) is 23.7 Å². The summed E-state index contributed by atoms with van der Waals surface area (Å²) in [5.41, 5.74) is 8.53. The van der Waals surface area contributed by atoms with Gasteiger partial charge in [-0.2, -0.15) is 0 Å². The molecule has 0 aromatic heterocycles. The number of rotatable bonds is 5. The molecule has 1 heterocycles. The molecule has 0 bridgehead atoms. The van der Waals surface area contributed by atoms with Crippen LogP contribution in [0.2, 0.25) is 0 Å². The zero-order valence-electron chi connectivity index (χ0n) is 13.9. The number of amides is 1. The molecule has 5 nitrogen and oxygen atoms in total. The Balaban J connectivity index is 1.67. The van der Waals surface area contributed by atoms with Gasteiger partial charge >= 0.3 is 0 Å².